The summed E-state index contributed by atoms with van der Waals surface area (Å²) in [5, 5.41) is 16.0. The maximum atomic E-state index is 12.7. The molecule has 4 nitrogen and oxygen atoms in total. The predicted molar refractivity (Wildman–Crippen MR) is 134 cm³/mol. The van der Waals surface area contributed by atoms with Crippen molar-refractivity contribution in [3.8, 4) is 17.2 Å². The van der Waals surface area contributed by atoms with E-state index >= 15 is 0 Å². The van der Waals surface area contributed by atoms with E-state index in [0.29, 0.717) is 22.4 Å². The van der Waals surface area contributed by atoms with E-state index in [-0.39, 0.29) is 5.75 Å². The number of benzene rings is 5. The van der Waals surface area contributed by atoms with Crippen molar-refractivity contribution < 1.29 is 19.4 Å². The van der Waals surface area contributed by atoms with Crippen LogP contribution in [0.25, 0.3) is 33.7 Å². The molecule has 1 aliphatic rings. The maximum absolute atomic E-state index is 12.7. The smallest absolute Gasteiger partial charge is 0.338 e. The van der Waals surface area contributed by atoms with Crippen molar-refractivity contribution in [3.05, 3.63) is 112 Å². The van der Waals surface area contributed by atoms with Crippen LogP contribution in [-0.2, 0) is 4.74 Å². The number of aromatic hydroxyl groups is 1. The zero-order valence-electron chi connectivity index (χ0n) is 18.5. The van der Waals surface area contributed by atoms with Gasteiger partial charge in [-0.2, -0.15) is 0 Å². The lowest BCUT2D eigenvalue weighted by Gasteiger charge is -2.25. The van der Waals surface area contributed by atoms with Gasteiger partial charge in [-0.05, 0) is 51.9 Å². The number of phenolic OH excluding ortho intramolecular Hbond substituents is 1. The second kappa shape index (κ2) is 7.49. The molecule has 1 N–H and O–H groups in total. The fourth-order valence-electron chi connectivity index (χ4n) is 4.81. The molecule has 1 aliphatic heterocycles. The number of phenols is 1. The van der Waals surface area contributed by atoms with Crippen LogP contribution in [0.3, 0.4) is 0 Å². The summed E-state index contributed by atoms with van der Waals surface area (Å²) in [4.78, 5) is 12.7. The van der Waals surface area contributed by atoms with Crippen LogP contribution < -0.4 is 15.2 Å². The fourth-order valence-corrected chi connectivity index (χ4v) is 4.81. The normalized spacial score (nSPS) is 12.2. The predicted octanol–water partition coefficient (Wildman–Crippen LogP) is 5.25. The first kappa shape index (κ1) is 20.1. The first-order valence-electron chi connectivity index (χ1n) is 10.9. The van der Waals surface area contributed by atoms with E-state index in [2.05, 4.69) is 6.58 Å². The first-order valence-corrected chi connectivity index (χ1v) is 10.9. The molecule has 1 heterocycles. The van der Waals surface area contributed by atoms with Crippen molar-refractivity contribution in [1.82, 2.24) is 0 Å². The number of carbonyl (C=O) groups excluding carboxylic acids is 1. The Hall–Kier alpha value is -4.57. The average molecular weight is 444 g/mol. The van der Waals surface area contributed by atoms with Gasteiger partial charge in [0, 0.05) is 21.7 Å². The van der Waals surface area contributed by atoms with Crippen LogP contribution in [0, 0.1) is 0 Å². The molecule has 0 saturated carbocycles. The largest absolute Gasteiger partial charge is 0.507 e. The van der Waals surface area contributed by atoms with E-state index in [0.717, 1.165) is 43.3 Å². The Morgan fingerprint density at radius 3 is 2.53 bits per heavy atom. The molecule has 0 bridgehead atoms. The lowest BCUT2D eigenvalue weighted by molar-refractivity contribution is 0.0600. The van der Waals surface area contributed by atoms with Gasteiger partial charge in [-0.1, -0.05) is 61.2 Å². The van der Waals surface area contributed by atoms with Gasteiger partial charge in [0.2, 0.25) is 0 Å². The van der Waals surface area contributed by atoms with Gasteiger partial charge < -0.3 is 14.6 Å². The third-order valence-electron chi connectivity index (χ3n) is 6.36. The summed E-state index contributed by atoms with van der Waals surface area (Å²) in [5.74, 6) is 0.960. The highest BCUT2D eigenvalue weighted by molar-refractivity contribution is 6.05. The molecule has 0 radical (unpaired) electrons. The monoisotopic (exact) mass is 444 g/mol. The third kappa shape index (κ3) is 2.89. The minimum absolute atomic E-state index is 0.138. The van der Waals surface area contributed by atoms with Gasteiger partial charge in [-0.25, -0.2) is 4.79 Å². The zero-order chi connectivity index (χ0) is 23.4. The Morgan fingerprint density at radius 2 is 1.68 bits per heavy atom. The number of methoxy groups -OCH3 is 1. The van der Waals surface area contributed by atoms with Crippen molar-refractivity contribution in [2.24, 2.45) is 0 Å². The number of hydrogen-bond donors (Lipinski definition) is 1. The molecule has 0 saturated heterocycles. The van der Waals surface area contributed by atoms with E-state index in [1.54, 1.807) is 12.1 Å². The SMILES string of the molecule is C=c1ccc2c3c(ccc2c1)=C(c1ccccc1C(=O)OC)c1ccc2cccc(O)c2c1O3. The van der Waals surface area contributed by atoms with Gasteiger partial charge in [-0.3, -0.25) is 0 Å². The van der Waals surface area contributed by atoms with Gasteiger partial charge in [0.1, 0.15) is 17.2 Å². The highest BCUT2D eigenvalue weighted by Gasteiger charge is 2.27. The van der Waals surface area contributed by atoms with Crippen molar-refractivity contribution >= 4 is 39.7 Å². The van der Waals surface area contributed by atoms with Crippen molar-refractivity contribution in [2.75, 3.05) is 7.11 Å². The first-order chi connectivity index (χ1) is 16.6. The quantitative estimate of drug-likeness (QED) is 0.371. The lowest BCUT2D eigenvalue weighted by atomic mass is 9.87. The van der Waals surface area contributed by atoms with Crippen LogP contribution in [0.15, 0.2) is 84.9 Å². The topological polar surface area (TPSA) is 55.8 Å². The highest BCUT2D eigenvalue weighted by atomic mass is 16.5. The summed E-state index contributed by atoms with van der Waals surface area (Å²) in [6.07, 6.45) is 0. The Labute approximate surface area is 195 Å². The molecule has 0 unspecified atom stereocenters. The van der Waals surface area contributed by atoms with E-state index in [1.807, 2.05) is 72.8 Å². The summed E-state index contributed by atoms with van der Waals surface area (Å²) < 4.78 is 11.7. The van der Waals surface area contributed by atoms with Gasteiger partial charge in [0.15, 0.2) is 0 Å². The number of rotatable bonds is 2. The van der Waals surface area contributed by atoms with Gasteiger partial charge >= 0.3 is 5.97 Å². The van der Waals surface area contributed by atoms with Crippen LogP contribution in [-0.4, -0.2) is 18.2 Å². The molecule has 34 heavy (non-hydrogen) atoms. The van der Waals surface area contributed by atoms with Gasteiger partial charge in [0.25, 0.3) is 0 Å². The number of ether oxygens (including phenoxy) is 2. The number of carbonyl (C=O) groups is 1. The lowest BCUT2D eigenvalue weighted by Crippen LogP contribution is -2.19. The van der Waals surface area contributed by atoms with E-state index < -0.39 is 5.97 Å². The molecule has 4 heteroatoms. The molecule has 0 spiro atoms. The Balaban J connectivity index is 1.82. The van der Waals surface area contributed by atoms with Crippen LogP contribution in [0.1, 0.15) is 21.5 Å². The maximum Gasteiger partial charge on any atom is 0.338 e. The molecule has 0 aromatic heterocycles. The minimum Gasteiger partial charge on any atom is -0.507 e. The summed E-state index contributed by atoms with van der Waals surface area (Å²) in [5.41, 5.74) is 2.85. The van der Waals surface area contributed by atoms with E-state index in [9.17, 15) is 9.90 Å². The Morgan fingerprint density at radius 1 is 0.853 bits per heavy atom. The van der Waals surface area contributed by atoms with Crippen molar-refractivity contribution in [1.29, 1.82) is 0 Å². The third-order valence-corrected chi connectivity index (χ3v) is 6.36. The molecule has 0 fully saturated rings. The number of fused-ring (bicyclic) bond motifs is 6. The molecule has 164 valence electrons. The van der Waals surface area contributed by atoms with Crippen LogP contribution >= 0.6 is 0 Å². The second-order valence-corrected chi connectivity index (χ2v) is 8.33. The molecule has 5 aromatic carbocycles. The molecule has 5 aromatic rings. The molecular formula is C30H20O4. The standard InChI is InChI=1S/C30H20O4/c1-17-10-13-20-19(16-17)12-15-23-27(21-7-3-4-8-22(21)30(32)33-2)24-14-11-18-6-5-9-25(31)26(18)29(24)34-28(20)23/h3-16,31H,1H2,2H3. The van der Waals surface area contributed by atoms with E-state index in [4.69, 9.17) is 9.47 Å². The van der Waals surface area contributed by atoms with Crippen molar-refractivity contribution in [3.63, 3.8) is 0 Å². The summed E-state index contributed by atoms with van der Waals surface area (Å²) in [6.45, 7) is 4.04. The van der Waals surface area contributed by atoms with Crippen LogP contribution in [0.5, 0.6) is 17.2 Å². The second-order valence-electron chi connectivity index (χ2n) is 8.33. The number of hydrogen-bond acceptors (Lipinski definition) is 4. The molecule has 0 atom stereocenters. The Bertz CT molecular complexity index is 1770. The summed E-state index contributed by atoms with van der Waals surface area (Å²) >= 11 is 0. The minimum atomic E-state index is -0.413. The molecule has 0 aliphatic carbocycles. The van der Waals surface area contributed by atoms with Crippen molar-refractivity contribution in [2.45, 2.75) is 0 Å². The summed E-state index contributed by atoms with van der Waals surface area (Å²) in [7, 11) is 1.38. The molecule has 6 rings (SSSR count). The highest BCUT2D eigenvalue weighted by Crippen LogP contribution is 2.45. The molecule has 0 amide bonds. The van der Waals surface area contributed by atoms with Crippen LogP contribution in [0.4, 0.5) is 0 Å². The number of esters is 1. The van der Waals surface area contributed by atoms with Gasteiger partial charge in [0.05, 0.1) is 18.1 Å². The zero-order valence-corrected chi connectivity index (χ0v) is 18.5. The Kier molecular flexibility index (Phi) is 4.42. The average Bonchev–Trinajstić information content (AvgIpc) is 2.86. The van der Waals surface area contributed by atoms with E-state index in [1.165, 1.54) is 7.11 Å². The molecular weight excluding hydrogens is 424 g/mol. The van der Waals surface area contributed by atoms with Crippen LogP contribution in [0.2, 0.25) is 0 Å². The summed E-state index contributed by atoms with van der Waals surface area (Å²) in [6, 6.07) is 26.7. The van der Waals surface area contributed by atoms with Gasteiger partial charge in [-0.15, -0.1) is 0 Å². The fraction of sp³-hybridized carbons (Fsp3) is 0.0333.